The van der Waals surface area contributed by atoms with Crippen LogP contribution < -0.4 is 11.5 Å². The first-order valence-electron chi connectivity index (χ1n) is 6.89. The number of nitrogens with two attached hydrogens (primary N) is 2. The monoisotopic (exact) mass is 292 g/mol. The molecule has 1 aliphatic rings. The van der Waals surface area contributed by atoms with E-state index in [9.17, 15) is 4.79 Å². The van der Waals surface area contributed by atoms with Crippen LogP contribution in [0.1, 0.15) is 54.1 Å². The van der Waals surface area contributed by atoms with Crippen LogP contribution in [0.25, 0.3) is 0 Å². The van der Waals surface area contributed by atoms with Gasteiger partial charge in [0.05, 0.1) is 11.8 Å². The molecule has 4 N–H and O–H groups in total. The number of carbonyl (C=O) groups is 1. The van der Waals surface area contributed by atoms with Crippen molar-refractivity contribution in [3.05, 3.63) is 22.6 Å². The highest BCUT2D eigenvalue weighted by Crippen LogP contribution is 2.30. The smallest absolute Gasteiger partial charge is 0.374 e. The molecular weight excluding hydrogens is 272 g/mol. The van der Waals surface area contributed by atoms with Gasteiger partial charge in [0.25, 0.3) is 0 Å². The second kappa shape index (κ2) is 5.99. The number of ether oxygens (including phenoxy) is 1. The van der Waals surface area contributed by atoms with Crippen molar-refractivity contribution in [2.24, 2.45) is 21.7 Å². The standard InChI is InChI=1S/C14H20N4O3/c1-7(2)20-13(19)12-8(3)11-9(17-18-14(15)16)5-4-6-10(11)21-12/h7H,4-6H2,1-3H3,(H4,15,16,18)/b17-9+. The van der Waals surface area contributed by atoms with Crippen LogP contribution in [0.3, 0.4) is 0 Å². The van der Waals surface area contributed by atoms with E-state index >= 15 is 0 Å². The molecule has 1 aromatic rings. The third-order valence-electron chi connectivity index (χ3n) is 3.14. The predicted molar refractivity (Wildman–Crippen MR) is 79.3 cm³/mol. The Balaban J connectivity index is 2.42. The Kier molecular flexibility index (Phi) is 4.30. The molecule has 0 atom stereocenters. The van der Waals surface area contributed by atoms with Gasteiger partial charge in [-0.3, -0.25) is 0 Å². The minimum absolute atomic E-state index is 0.102. The number of guanidine groups is 1. The molecule has 0 saturated heterocycles. The fourth-order valence-electron chi connectivity index (χ4n) is 2.35. The Labute approximate surface area is 123 Å². The molecule has 1 heterocycles. The average Bonchev–Trinajstić information content (AvgIpc) is 2.74. The van der Waals surface area contributed by atoms with Crippen LogP contribution in [0.5, 0.6) is 0 Å². The van der Waals surface area contributed by atoms with Crippen molar-refractivity contribution in [1.29, 1.82) is 0 Å². The quantitative estimate of drug-likeness (QED) is 0.378. The van der Waals surface area contributed by atoms with E-state index in [1.165, 1.54) is 0 Å². The van der Waals surface area contributed by atoms with Gasteiger partial charge in [0.1, 0.15) is 5.76 Å². The lowest BCUT2D eigenvalue weighted by Crippen LogP contribution is -2.22. The maximum atomic E-state index is 12.0. The van der Waals surface area contributed by atoms with Crippen molar-refractivity contribution in [3.63, 3.8) is 0 Å². The van der Waals surface area contributed by atoms with Crippen LogP contribution in [0.2, 0.25) is 0 Å². The fourth-order valence-corrected chi connectivity index (χ4v) is 2.35. The molecule has 0 bridgehead atoms. The molecule has 0 saturated carbocycles. The second-order valence-corrected chi connectivity index (χ2v) is 5.23. The highest BCUT2D eigenvalue weighted by atomic mass is 16.6. The van der Waals surface area contributed by atoms with Gasteiger partial charge < -0.3 is 20.6 Å². The third-order valence-corrected chi connectivity index (χ3v) is 3.14. The van der Waals surface area contributed by atoms with Crippen LogP contribution >= 0.6 is 0 Å². The predicted octanol–water partition coefficient (Wildman–Crippen LogP) is 1.47. The molecule has 0 spiro atoms. The highest BCUT2D eigenvalue weighted by molar-refractivity contribution is 6.05. The van der Waals surface area contributed by atoms with Crippen molar-refractivity contribution < 1.29 is 13.9 Å². The molecule has 1 aromatic heterocycles. The highest BCUT2D eigenvalue weighted by Gasteiger charge is 2.28. The molecule has 0 unspecified atom stereocenters. The molecule has 7 nitrogen and oxygen atoms in total. The molecule has 2 rings (SSSR count). The summed E-state index contributed by atoms with van der Waals surface area (Å²) in [6, 6.07) is 0. The van der Waals surface area contributed by atoms with Crippen molar-refractivity contribution in [3.8, 4) is 0 Å². The first-order chi connectivity index (χ1) is 9.90. The number of carbonyl (C=O) groups excluding carboxylic acids is 1. The van der Waals surface area contributed by atoms with Crippen molar-refractivity contribution in [2.45, 2.75) is 46.1 Å². The van der Waals surface area contributed by atoms with Crippen molar-refractivity contribution in [1.82, 2.24) is 0 Å². The summed E-state index contributed by atoms with van der Waals surface area (Å²) in [5, 5.41) is 7.75. The Bertz CT molecular complexity index is 610. The summed E-state index contributed by atoms with van der Waals surface area (Å²) in [6.07, 6.45) is 2.17. The largest absolute Gasteiger partial charge is 0.457 e. The Morgan fingerprint density at radius 2 is 2.05 bits per heavy atom. The average molecular weight is 292 g/mol. The molecule has 1 aliphatic carbocycles. The number of aryl methyl sites for hydroxylation is 1. The van der Waals surface area contributed by atoms with Gasteiger partial charge in [-0.05, 0) is 33.6 Å². The minimum Gasteiger partial charge on any atom is -0.457 e. The second-order valence-electron chi connectivity index (χ2n) is 5.23. The van der Waals surface area contributed by atoms with Gasteiger partial charge in [-0.25, -0.2) is 4.79 Å². The molecule has 0 fully saturated rings. The van der Waals surface area contributed by atoms with E-state index in [1.807, 2.05) is 6.92 Å². The number of furan rings is 1. The topological polar surface area (TPSA) is 116 Å². The van der Waals surface area contributed by atoms with E-state index in [0.717, 1.165) is 41.9 Å². The number of nitrogens with zero attached hydrogens (tertiary/aromatic N) is 2. The van der Waals surface area contributed by atoms with Crippen molar-refractivity contribution in [2.75, 3.05) is 0 Å². The molecule has 7 heteroatoms. The molecule has 0 amide bonds. The summed E-state index contributed by atoms with van der Waals surface area (Å²) < 4.78 is 10.9. The molecular formula is C14H20N4O3. The molecule has 0 aromatic carbocycles. The maximum absolute atomic E-state index is 12.0. The van der Waals surface area contributed by atoms with E-state index in [2.05, 4.69) is 10.2 Å². The van der Waals surface area contributed by atoms with Crippen LogP contribution in [0, 0.1) is 6.92 Å². The van der Waals surface area contributed by atoms with E-state index in [-0.39, 0.29) is 17.8 Å². The number of fused-ring (bicyclic) bond motifs is 1. The first kappa shape index (κ1) is 15.1. The van der Waals surface area contributed by atoms with Crippen molar-refractivity contribution >= 4 is 17.6 Å². The molecule has 0 aliphatic heterocycles. The zero-order valence-corrected chi connectivity index (χ0v) is 12.5. The zero-order chi connectivity index (χ0) is 15.6. The van der Waals surface area contributed by atoms with Crippen LogP contribution in [-0.2, 0) is 11.2 Å². The van der Waals surface area contributed by atoms with E-state index in [4.69, 9.17) is 20.6 Å². The summed E-state index contributed by atoms with van der Waals surface area (Å²) in [5.74, 6) is 0.403. The van der Waals surface area contributed by atoms with Gasteiger partial charge in [-0.2, -0.15) is 5.10 Å². The summed E-state index contributed by atoms with van der Waals surface area (Å²) in [4.78, 5) is 12.0. The normalized spacial score (nSPS) is 15.9. The summed E-state index contributed by atoms with van der Waals surface area (Å²) in [5.41, 5.74) is 12.9. The fraction of sp³-hybridized carbons (Fsp3) is 0.500. The van der Waals surface area contributed by atoms with Crippen LogP contribution in [-0.4, -0.2) is 23.7 Å². The number of hydrogen-bond donors (Lipinski definition) is 2. The lowest BCUT2D eigenvalue weighted by molar-refractivity contribution is 0.0338. The zero-order valence-electron chi connectivity index (χ0n) is 12.5. The molecule has 114 valence electrons. The van der Waals surface area contributed by atoms with Crippen LogP contribution in [0.15, 0.2) is 14.6 Å². The van der Waals surface area contributed by atoms with Gasteiger partial charge in [0, 0.05) is 17.5 Å². The Morgan fingerprint density at radius 3 is 2.67 bits per heavy atom. The van der Waals surface area contributed by atoms with Gasteiger partial charge in [0.15, 0.2) is 0 Å². The van der Waals surface area contributed by atoms with Gasteiger partial charge in [-0.1, -0.05) is 0 Å². The number of rotatable bonds is 3. The van der Waals surface area contributed by atoms with E-state index in [0.29, 0.717) is 0 Å². The number of esters is 1. The van der Waals surface area contributed by atoms with E-state index in [1.54, 1.807) is 13.8 Å². The SMILES string of the molecule is Cc1c(C(=O)OC(C)C)oc2c1/C(=N/N=C(N)N)CCC2. The van der Waals surface area contributed by atoms with E-state index < -0.39 is 5.97 Å². The lowest BCUT2D eigenvalue weighted by atomic mass is 9.93. The van der Waals surface area contributed by atoms with Gasteiger partial charge in [0.2, 0.25) is 11.7 Å². The minimum atomic E-state index is -0.460. The summed E-state index contributed by atoms with van der Waals surface area (Å²) in [6.45, 7) is 5.40. The molecule has 21 heavy (non-hydrogen) atoms. The Hall–Kier alpha value is -2.31. The van der Waals surface area contributed by atoms with Crippen LogP contribution in [0.4, 0.5) is 0 Å². The molecule has 0 radical (unpaired) electrons. The Morgan fingerprint density at radius 1 is 1.33 bits per heavy atom. The van der Waals surface area contributed by atoms with Gasteiger partial charge >= 0.3 is 5.97 Å². The lowest BCUT2D eigenvalue weighted by Gasteiger charge is -2.11. The first-order valence-corrected chi connectivity index (χ1v) is 6.89. The summed E-state index contributed by atoms with van der Waals surface area (Å²) in [7, 11) is 0. The maximum Gasteiger partial charge on any atom is 0.374 e. The number of hydrogen-bond acceptors (Lipinski definition) is 5. The third kappa shape index (κ3) is 3.24. The summed E-state index contributed by atoms with van der Waals surface area (Å²) >= 11 is 0. The van der Waals surface area contributed by atoms with Gasteiger partial charge in [-0.15, -0.1) is 5.10 Å².